The van der Waals surface area contributed by atoms with Crippen LogP contribution in [0.1, 0.15) is 28.5 Å². The molecule has 1 aromatic heterocycles. The van der Waals surface area contributed by atoms with Gasteiger partial charge in [-0.15, -0.1) is 0 Å². The van der Waals surface area contributed by atoms with Crippen LogP contribution in [0.25, 0.3) is 6.08 Å². The number of hydrogen-bond donors (Lipinski definition) is 0. The third kappa shape index (κ3) is 3.87. The maximum Gasteiger partial charge on any atom is 0.326 e. The summed E-state index contributed by atoms with van der Waals surface area (Å²) in [6.07, 6.45) is 3.16. The molecule has 0 aliphatic rings. The van der Waals surface area contributed by atoms with Crippen molar-refractivity contribution in [2.75, 3.05) is 18.1 Å². The number of aryl methyl sites for hydroxylation is 1. The van der Waals surface area contributed by atoms with Gasteiger partial charge in [0.15, 0.2) is 0 Å². The van der Waals surface area contributed by atoms with Crippen LogP contribution >= 0.6 is 0 Å². The zero-order valence-corrected chi connectivity index (χ0v) is 13.9. The van der Waals surface area contributed by atoms with Crippen LogP contribution in [-0.4, -0.2) is 30.0 Å². The van der Waals surface area contributed by atoms with Gasteiger partial charge in [0.2, 0.25) is 0 Å². The smallest absolute Gasteiger partial charge is 0.326 e. The highest BCUT2D eigenvalue weighted by Gasteiger charge is 2.24. The predicted octanol–water partition coefficient (Wildman–Crippen LogP) is 3.24. The number of ether oxygens (including phenoxy) is 1. The maximum absolute atomic E-state index is 13.1. The van der Waals surface area contributed by atoms with E-state index in [1.807, 2.05) is 25.1 Å². The molecule has 1 amide bonds. The summed E-state index contributed by atoms with van der Waals surface area (Å²) in [5.74, 6) is -0.772. The zero-order chi connectivity index (χ0) is 17.5. The van der Waals surface area contributed by atoms with Crippen molar-refractivity contribution < 1.29 is 14.3 Å². The van der Waals surface area contributed by atoms with Gasteiger partial charge in [-0.1, -0.05) is 24.8 Å². The first-order chi connectivity index (χ1) is 11.6. The highest BCUT2D eigenvalue weighted by Crippen LogP contribution is 2.21. The summed E-state index contributed by atoms with van der Waals surface area (Å²) >= 11 is 0. The number of amides is 1. The summed E-state index contributed by atoms with van der Waals surface area (Å²) < 4.78 is 5.00. The van der Waals surface area contributed by atoms with Crippen LogP contribution in [0.2, 0.25) is 0 Å². The summed E-state index contributed by atoms with van der Waals surface area (Å²) in [4.78, 5) is 30.7. The first kappa shape index (κ1) is 17.4. The molecule has 5 heteroatoms. The van der Waals surface area contributed by atoms with Crippen molar-refractivity contribution >= 4 is 23.6 Å². The van der Waals surface area contributed by atoms with Gasteiger partial charge in [0.1, 0.15) is 6.54 Å². The molecule has 1 heterocycles. The second-order valence-electron chi connectivity index (χ2n) is 5.12. The highest BCUT2D eigenvalue weighted by atomic mass is 16.5. The van der Waals surface area contributed by atoms with Crippen LogP contribution in [0.15, 0.2) is 49.2 Å². The summed E-state index contributed by atoms with van der Waals surface area (Å²) in [5.41, 5.74) is 2.31. The summed E-state index contributed by atoms with van der Waals surface area (Å²) in [5, 5.41) is 0. The summed E-state index contributed by atoms with van der Waals surface area (Å²) in [6.45, 7) is 7.37. The molecule has 0 radical (unpaired) electrons. The number of anilines is 1. The molecule has 1 aromatic carbocycles. The van der Waals surface area contributed by atoms with E-state index in [-0.39, 0.29) is 19.1 Å². The van der Waals surface area contributed by atoms with Crippen molar-refractivity contribution in [3.05, 3.63) is 66.0 Å². The van der Waals surface area contributed by atoms with E-state index in [1.165, 1.54) is 11.0 Å². The van der Waals surface area contributed by atoms with Gasteiger partial charge in [-0.3, -0.25) is 19.5 Å². The first-order valence-electron chi connectivity index (χ1n) is 7.69. The fraction of sp³-hybridized carbons (Fsp3) is 0.211. The van der Waals surface area contributed by atoms with E-state index >= 15 is 0 Å². The average molecular weight is 324 g/mol. The number of aromatic nitrogens is 1. The number of carbonyl (C=O) groups excluding carboxylic acids is 2. The lowest BCUT2D eigenvalue weighted by molar-refractivity contribution is -0.141. The van der Waals surface area contributed by atoms with Crippen LogP contribution in [0.4, 0.5) is 5.69 Å². The van der Waals surface area contributed by atoms with E-state index in [4.69, 9.17) is 4.74 Å². The molecule has 0 N–H and O–H groups in total. The lowest BCUT2D eigenvalue weighted by Gasteiger charge is -2.23. The van der Waals surface area contributed by atoms with Crippen LogP contribution in [0, 0.1) is 6.92 Å². The largest absolute Gasteiger partial charge is 0.465 e. The standard InChI is InChI=1S/C19H20N2O3/c1-4-16-18(14(3)11-12-20-16)19(23)21(13-17(22)24-5-2)15-9-7-6-8-10-15/h4,6-12H,1,5,13H2,2-3H3. The molecule has 0 aliphatic carbocycles. The second kappa shape index (κ2) is 8.06. The quantitative estimate of drug-likeness (QED) is 0.765. The third-order valence-electron chi connectivity index (χ3n) is 3.50. The molecule has 24 heavy (non-hydrogen) atoms. The molecule has 0 aliphatic heterocycles. The number of esters is 1. The molecule has 0 bridgehead atoms. The number of pyridine rings is 1. The van der Waals surface area contributed by atoms with Crippen molar-refractivity contribution in [2.24, 2.45) is 0 Å². The van der Waals surface area contributed by atoms with Gasteiger partial charge in [-0.25, -0.2) is 0 Å². The minimum Gasteiger partial charge on any atom is -0.465 e. The van der Waals surface area contributed by atoms with Gasteiger partial charge < -0.3 is 4.74 Å². The van der Waals surface area contributed by atoms with Crippen molar-refractivity contribution in [3.63, 3.8) is 0 Å². The molecule has 0 saturated heterocycles. The van der Waals surface area contributed by atoms with Crippen LogP contribution in [0.3, 0.4) is 0 Å². The number of rotatable bonds is 6. The molecule has 5 nitrogen and oxygen atoms in total. The lowest BCUT2D eigenvalue weighted by atomic mass is 10.1. The number of carbonyl (C=O) groups is 2. The Morgan fingerprint density at radius 2 is 1.96 bits per heavy atom. The second-order valence-corrected chi connectivity index (χ2v) is 5.12. The number of hydrogen-bond acceptors (Lipinski definition) is 4. The molecular formula is C19H20N2O3. The van der Waals surface area contributed by atoms with Crippen molar-refractivity contribution in [1.82, 2.24) is 4.98 Å². The van der Waals surface area contributed by atoms with Gasteiger partial charge >= 0.3 is 5.97 Å². The Labute approximate surface area is 141 Å². The average Bonchev–Trinajstić information content (AvgIpc) is 2.60. The minimum absolute atomic E-state index is 0.165. The normalized spacial score (nSPS) is 10.1. The predicted molar refractivity (Wildman–Crippen MR) is 93.8 cm³/mol. The zero-order valence-electron chi connectivity index (χ0n) is 13.9. The fourth-order valence-electron chi connectivity index (χ4n) is 2.37. The molecular weight excluding hydrogens is 304 g/mol. The first-order valence-corrected chi connectivity index (χ1v) is 7.69. The molecule has 2 aromatic rings. The Kier molecular flexibility index (Phi) is 5.84. The van der Waals surface area contributed by atoms with Crippen LogP contribution in [0.5, 0.6) is 0 Å². The van der Waals surface area contributed by atoms with E-state index in [9.17, 15) is 9.59 Å². The maximum atomic E-state index is 13.1. The molecule has 2 rings (SSSR count). The fourth-order valence-corrected chi connectivity index (χ4v) is 2.37. The Hall–Kier alpha value is -2.95. The van der Waals surface area contributed by atoms with Crippen molar-refractivity contribution in [1.29, 1.82) is 0 Å². The van der Waals surface area contributed by atoms with Crippen molar-refractivity contribution in [2.45, 2.75) is 13.8 Å². The van der Waals surface area contributed by atoms with Crippen LogP contribution < -0.4 is 4.90 Å². The van der Waals surface area contributed by atoms with E-state index in [1.54, 1.807) is 31.3 Å². The van der Waals surface area contributed by atoms with E-state index in [2.05, 4.69) is 11.6 Å². The van der Waals surface area contributed by atoms with Gasteiger partial charge in [-0.05, 0) is 43.7 Å². The van der Waals surface area contributed by atoms with Crippen molar-refractivity contribution in [3.8, 4) is 0 Å². The summed E-state index contributed by atoms with van der Waals surface area (Å²) in [7, 11) is 0. The molecule has 124 valence electrons. The van der Waals surface area contributed by atoms with Gasteiger partial charge in [0.25, 0.3) is 5.91 Å². The van der Waals surface area contributed by atoms with Crippen LogP contribution in [-0.2, 0) is 9.53 Å². The number of nitrogens with zero attached hydrogens (tertiary/aromatic N) is 2. The lowest BCUT2D eigenvalue weighted by Crippen LogP contribution is -2.37. The Bertz CT molecular complexity index is 742. The molecule has 0 fully saturated rings. The third-order valence-corrected chi connectivity index (χ3v) is 3.50. The summed E-state index contributed by atoms with van der Waals surface area (Å²) in [6, 6.07) is 10.8. The SMILES string of the molecule is C=Cc1nccc(C)c1C(=O)N(CC(=O)OCC)c1ccccc1. The molecule has 0 spiro atoms. The van der Waals surface area contributed by atoms with Gasteiger partial charge in [0, 0.05) is 11.9 Å². The van der Waals surface area contributed by atoms with E-state index in [0.29, 0.717) is 16.9 Å². The molecule has 0 atom stereocenters. The van der Waals surface area contributed by atoms with Gasteiger partial charge in [-0.2, -0.15) is 0 Å². The van der Waals surface area contributed by atoms with E-state index in [0.717, 1.165) is 5.56 Å². The molecule has 0 saturated carbocycles. The molecule has 0 unspecified atom stereocenters. The number of benzene rings is 1. The Balaban J connectivity index is 2.46. The highest BCUT2D eigenvalue weighted by molar-refractivity contribution is 6.10. The Morgan fingerprint density at radius 3 is 2.58 bits per heavy atom. The van der Waals surface area contributed by atoms with E-state index < -0.39 is 5.97 Å². The Morgan fingerprint density at radius 1 is 1.25 bits per heavy atom. The number of para-hydroxylation sites is 1. The monoisotopic (exact) mass is 324 g/mol. The van der Waals surface area contributed by atoms with Gasteiger partial charge in [0.05, 0.1) is 17.9 Å². The topological polar surface area (TPSA) is 59.5 Å². The minimum atomic E-state index is -0.462.